The molecule has 0 saturated carbocycles. The third kappa shape index (κ3) is 3.57. The first kappa shape index (κ1) is 16.3. The van der Waals surface area contributed by atoms with Crippen molar-refractivity contribution in [2.75, 3.05) is 19.6 Å². The average molecular weight is 311 g/mol. The Bertz CT molecular complexity index is 469. The van der Waals surface area contributed by atoms with Crippen LogP contribution in [0.3, 0.4) is 0 Å². The molecule has 21 heavy (non-hydrogen) atoms. The fraction of sp³-hybridized carbons (Fsp3) is 0.562. The summed E-state index contributed by atoms with van der Waals surface area (Å²) in [6.07, 6.45) is 2.56. The van der Waals surface area contributed by atoms with Gasteiger partial charge in [0, 0.05) is 25.6 Å². The maximum atomic E-state index is 12.4. The highest BCUT2D eigenvalue weighted by molar-refractivity contribution is 5.85. The first-order valence-electron chi connectivity index (χ1n) is 7.47. The summed E-state index contributed by atoms with van der Waals surface area (Å²) in [5.41, 5.74) is 6.93. The van der Waals surface area contributed by atoms with E-state index in [-0.39, 0.29) is 30.5 Å². The summed E-state index contributed by atoms with van der Waals surface area (Å²) in [4.78, 5) is 14.4. The number of carbonyl (C=O) groups is 1. The van der Waals surface area contributed by atoms with Gasteiger partial charge in [0.2, 0.25) is 0 Å². The van der Waals surface area contributed by atoms with Crippen molar-refractivity contribution in [1.82, 2.24) is 4.90 Å². The van der Waals surface area contributed by atoms with E-state index in [9.17, 15) is 4.79 Å². The van der Waals surface area contributed by atoms with Crippen molar-refractivity contribution < 1.29 is 9.53 Å². The summed E-state index contributed by atoms with van der Waals surface area (Å²) in [6, 6.07) is 10.4. The van der Waals surface area contributed by atoms with Crippen LogP contribution >= 0.6 is 12.4 Å². The first-order valence-corrected chi connectivity index (χ1v) is 7.47. The van der Waals surface area contributed by atoms with Crippen molar-refractivity contribution in [3.05, 3.63) is 35.9 Å². The highest BCUT2D eigenvalue weighted by Crippen LogP contribution is 2.29. The average Bonchev–Trinajstić information content (AvgIpc) is 3.17. The predicted octanol–water partition coefficient (Wildman–Crippen LogP) is 1.93. The molecule has 3 rings (SSSR count). The number of hydrogen-bond acceptors (Lipinski definition) is 3. The SMILES string of the molecule is Cl.NC[C@H]1CC[C@@H](C(=O)N2CCC(c3ccccc3)C2)O1. The monoisotopic (exact) mass is 310 g/mol. The molecule has 0 aromatic heterocycles. The minimum absolute atomic E-state index is 0. The molecule has 2 aliphatic rings. The first-order chi connectivity index (χ1) is 9.78. The number of nitrogens with zero attached hydrogens (tertiary/aromatic N) is 1. The number of amides is 1. The Kier molecular flexibility index (Phi) is 5.62. The Morgan fingerprint density at radius 2 is 2.00 bits per heavy atom. The van der Waals surface area contributed by atoms with Gasteiger partial charge in [-0.15, -0.1) is 12.4 Å². The topological polar surface area (TPSA) is 55.6 Å². The normalized spacial score (nSPS) is 28.4. The van der Waals surface area contributed by atoms with Gasteiger partial charge in [0.1, 0.15) is 6.10 Å². The van der Waals surface area contributed by atoms with Crippen molar-refractivity contribution in [2.24, 2.45) is 5.73 Å². The smallest absolute Gasteiger partial charge is 0.251 e. The molecule has 1 amide bonds. The van der Waals surface area contributed by atoms with Crippen molar-refractivity contribution >= 4 is 18.3 Å². The standard InChI is InChI=1S/C16H22N2O2.ClH/c17-10-14-6-7-15(20-14)16(19)18-9-8-13(11-18)12-4-2-1-3-5-12;/h1-5,13-15H,6-11,17H2;1H/t13?,14-,15+;/m1./s1. The lowest BCUT2D eigenvalue weighted by molar-refractivity contribution is -0.141. The zero-order chi connectivity index (χ0) is 13.9. The van der Waals surface area contributed by atoms with Gasteiger partial charge in [0.15, 0.2) is 0 Å². The van der Waals surface area contributed by atoms with Crippen LogP contribution in [0.25, 0.3) is 0 Å². The third-order valence-electron chi connectivity index (χ3n) is 4.42. The van der Waals surface area contributed by atoms with Gasteiger partial charge in [-0.05, 0) is 24.8 Å². The molecule has 3 atom stereocenters. The van der Waals surface area contributed by atoms with E-state index in [1.165, 1.54) is 5.56 Å². The highest BCUT2D eigenvalue weighted by atomic mass is 35.5. The molecule has 1 aromatic carbocycles. The van der Waals surface area contributed by atoms with E-state index < -0.39 is 0 Å². The van der Waals surface area contributed by atoms with E-state index in [1.54, 1.807) is 0 Å². The second-order valence-electron chi connectivity index (χ2n) is 5.74. The van der Waals surface area contributed by atoms with Crippen LogP contribution in [-0.4, -0.2) is 42.6 Å². The number of benzene rings is 1. The molecular weight excluding hydrogens is 288 g/mol. The highest BCUT2D eigenvalue weighted by Gasteiger charge is 2.36. The second kappa shape index (κ2) is 7.25. The van der Waals surface area contributed by atoms with Gasteiger partial charge in [-0.25, -0.2) is 0 Å². The number of carbonyl (C=O) groups excluding carboxylic acids is 1. The Balaban J connectivity index is 0.00000161. The third-order valence-corrected chi connectivity index (χ3v) is 4.42. The molecule has 1 aromatic rings. The van der Waals surface area contributed by atoms with E-state index in [0.717, 1.165) is 32.4 Å². The van der Waals surface area contributed by atoms with E-state index in [4.69, 9.17) is 10.5 Å². The number of rotatable bonds is 3. The summed E-state index contributed by atoms with van der Waals surface area (Å²) < 4.78 is 5.71. The zero-order valence-corrected chi connectivity index (χ0v) is 12.9. The molecule has 0 radical (unpaired) electrons. The largest absolute Gasteiger partial charge is 0.364 e. The van der Waals surface area contributed by atoms with Gasteiger partial charge >= 0.3 is 0 Å². The van der Waals surface area contributed by atoms with E-state index in [0.29, 0.717) is 12.5 Å². The number of ether oxygens (including phenoxy) is 1. The molecule has 4 nitrogen and oxygen atoms in total. The van der Waals surface area contributed by atoms with Crippen molar-refractivity contribution in [1.29, 1.82) is 0 Å². The lowest BCUT2D eigenvalue weighted by atomic mass is 9.99. The predicted molar refractivity (Wildman–Crippen MR) is 84.6 cm³/mol. The fourth-order valence-electron chi connectivity index (χ4n) is 3.22. The summed E-state index contributed by atoms with van der Waals surface area (Å²) in [5, 5.41) is 0. The zero-order valence-electron chi connectivity index (χ0n) is 12.1. The molecule has 2 aliphatic heterocycles. The van der Waals surface area contributed by atoms with Crippen LogP contribution in [0, 0.1) is 0 Å². The maximum absolute atomic E-state index is 12.4. The summed E-state index contributed by atoms with van der Waals surface area (Å²) in [6.45, 7) is 2.16. The molecule has 2 saturated heterocycles. The van der Waals surface area contributed by atoms with Gasteiger partial charge in [0.25, 0.3) is 5.91 Å². The van der Waals surface area contributed by atoms with Gasteiger partial charge in [0.05, 0.1) is 6.10 Å². The Labute approximate surface area is 132 Å². The van der Waals surface area contributed by atoms with Crippen molar-refractivity contribution in [2.45, 2.75) is 37.4 Å². The van der Waals surface area contributed by atoms with Crippen molar-refractivity contribution in [3.8, 4) is 0 Å². The minimum atomic E-state index is -0.266. The second-order valence-corrected chi connectivity index (χ2v) is 5.74. The lowest BCUT2D eigenvalue weighted by Crippen LogP contribution is -2.38. The van der Waals surface area contributed by atoms with Crippen LogP contribution in [-0.2, 0) is 9.53 Å². The number of hydrogen-bond donors (Lipinski definition) is 1. The molecule has 5 heteroatoms. The van der Waals surface area contributed by atoms with E-state index >= 15 is 0 Å². The molecule has 1 unspecified atom stereocenters. The van der Waals surface area contributed by atoms with Crippen LogP contribution in [0.1, 0.15) is 30.7 Å². The van der Waals surface area contributed by atoms with Gasteiger partial charge in [-0.2, -0.15) is 0 Å². The Morgan fingerprint density at radius 3 is 2.67 bits per heavy atom. The summed E-state index contributed by atoms with van der Waals surface area (Å²) in [7, 11) is 0. The summed E-state index contributed by atoms with van der Waals surface area (Å²) in [5.74, 6) is 0.617. The van der Waals surface area contributed by atoms with Crippen LogP contribution in [0.15, 0.2) is 30.3 Å². The molecule has 116 valence electrons. The van der Waals surface area contributed by atoms with Gasteiger partial charge in [-0.3, -0.25) is 4.79 Å². The van der Waals surface area contributed by atoms with E-state index in [1.807, 2.05) is 11.0 Å². The molecule has 2 N–H and O–H groups in total. The number of halogens is 1. The molecular formula is C16H23ClN2O2. The van der Waals surface area contributed by atoms with Crippen LogP contribution in [0.5, 0.6) is 0 Å². The molecule has 0 aliphatic carbocycles. The van der Waals surface area contributed by atoms with Crippen LogP contribution < -0.4 is 5.73 Å². The summed E-state index contributed by atoms with van der Waals surface area (Å²) >= 11 is 0. The van der Waals surface area contributed by atoms with Gasteiger partial charge in [-0.1, -0.05) is 30.3 Å². The maximum Gasteiger partial charge on any atom is 0.251 e. The number of nitrogens with two attached hydrogens (primary N) is 1. The van der Waals surface area contributed by atoms with E-state index in [2.05, 4.69) is 24.3 Å². The van der Waals surface area contributed by atoms with Crippen LogP contribution in [0.2, 0.25) is 0 Å². The minimum Gasteiger partial charge on any atom is -0.364 e. The fourth-order valence-corrected chi connectivity index (χ4v) is 3.22. The Morgan fingerprint density at radius 1 is 1.24 bits per heavy atom. The van der Waals surface area contributed by atoms with Crippen LogP contribution in [0.4, 0.5) is 0 Å². The van der Waals surface area contributed by atoms with Crippen molar-refractivity contribution in [3.63, 3.8) is 0 Å². The quantitative estimate of drug-likeness (QED) is 0.928. The molecule has 2 fully saturated rings. The molecule has 2 heterocycles. The molecule has 0 spiro atoms. The lowest BCUT2D eigenvalue weighted by Gasteiger charge is -2.21. The number of likely N-dealkylation sites (tertiary alicyclic amines) is 1. The Hall–Kier alpha value is -1.10. The van der Waals surface area contributed by atoms with Gasteiger partial charge < -0.3 is 15.4 Å². The molecule has 0 bridgehead atoms.